The van der Waals surface area contributed by atoms with Gasteiger partial charge in [-0.1, -0.05) is 0 Å². The van der Waals surface area contributed by atoms with Crippen molar-refractivity contribution in [3.05, 3.63) is 11.9 Å². The number of nitrogens with zero attached hydrogens (tertiary/aromatic N) is 2. The quantitative estimate of drug-likeness (QED) is 0.590. The zero-order chi connectivity index (χ0) is 9.97. The fourth-order valence-corrected chi connectivity index (χ4v) is 1.42. The minimum Gasteiger partial charge on any atom is -0.346 e. The van der Waals surface area contributed by atoms with Crippen LogP contribution in [0.4, 0.5) is 0 Å². The maximum atomic E-state index is 11.5. The van der Waals surface area contributed by atoms with Crippen LogP contribution >= 0.6 is 0 Å². The van der Waals surface area contributed by atoms with E-state index in [9.17, 15) is 4.79 Å². The Hall–Kier alpha value is -1.43. The SMILES string of the molecule is NCC(NC(=O)c1cn[nH]n1)C1CC1. The Morgan fingerprint density at radius 3 is 3.07 bits per heavy atom. The van der Waals surface area contributed by atoms with E-state index in [0.717, 1.165) is 12.8 Å². The fraction of sp³-hybridized carbons (Fsp3) is 0.625. The Labute approximate surface area is 81.3 Å². The van der Waals surface area contributed by atoms with Gasteiger partial charge in [0.2, 0.25) is 0 Å². The highest BCUT2D eigenvalue weighted by molar-refractivity contribution is 5.92. The summed E-state index contributed by atoms with van der Waals surface area (Å²) in [5.74, 6) is 0.344. The Balaban J connectivity index is 1.92. The molecule has 0 radical (unpaired) electrons. The summed E-state index contributed by atoms with van der Waals surface area (Å²) in [7, 11) is 0. The third-order valence-corrected chi connectivity index (χ3v) is 2.41. The zero-order valence-corrected chi connectivity index (χ0v) is 7.73. The van der Waals surface area contributed by atoms with Gasteiger partial charge in [0.1, 0.15) is 0 Å². The van der Waals surface area contributed by atoms with Gasteiger partial charge >= 0.3 is 0 Å². The van der Waals surface area contributed by atoms with Crippen molar-refractivity contribution in [3.8, 4) is 0 Å². The number of aromatic nitrogens is 3. The molecule has 1 aromatic rings. The molecule has 6 nitrogen and oxygen atoms in total. The lowest BCUT2D eigenvalue weighted by molar-refractivity contribution is 0.0928. The van der Waals surface area contributed by atoms with Gasteiger partial charge in [0.15, 0.2) is 5.69 Å². The molecule has 4 N–H and O–H groups in total. The lowest BCUT2D eigenvalue weighted by Crippen LogP contribution is -2.41. The Kier molecular flexibility index (Phi) is 2.45. The smallest absolute Gasteiger partial charge is 0.273 e. The summed E-state index contributed by atoms with van der Waals surface area (Å²) < 4.78 is 0. The molecule has 6 heteroatoms. The number of hydrogen-bond acceptors (Lipinski definition) is 4. The minimum absolute atomic E-state index is 0.0826. The number of aromatic amines is 1. The molecule has 1 atom stereocenters. The van der Waals surface area contributed by atoms with Crippen LogP contribution in [-0.4, -0.2) is 33.9 Å². The van der Waals surface area contributed by atoms with Gasteiger partial charge in [-0.25, -0.2) is 0 Å². The van der Waals surface area contributed by atoms with Crippen molar-refractivity contribution in [2.24, 2.45) is 11.7 Å². The second-order valence-electron chi connectivity index (χ2n) is 3.51. The van der Waals surface area contributed by atoms with Crippen LogP contribution in [0.3, 0.4) is 0 Å². The van der Waals surface area contributed by atoms with E-state index in [4.69, 9.17) is 5.73 Å². The van der Waals surface area contributed by atoms with Gasteiger partial charge in [0.05, 0.1) is 6.20 Å². The van der Waals surface area contributed by atoms with E-state index in [1.165, 1.54) is 6.20 Å². The molecule has 1 saturated carbocycles. The van der Waals surface area contributed by atoms with Gasteiger partial charge in [0.25, 0.3) is 5.91 Å². The summed E-state index contributed by atoms with van der Waals surface area (Å²) in [6.07, 6.45) is 3.71. The average molecular weight is 195 g/mol. The van der Waals surface area contributed by atoms with Gasteiger partial charge in [-0.05, 0) is 18.8 Å². The fourth-order valence-electron chi connectivity index (χ4n) is 1.42. The van der Waals surface area contributed by atoms with E-state index < -0.39 is 0 Å². The van der Waals surface area contributed by atoms with E-state index in [0.29, 0.717) is 18.2 Å². The molecule has 1 aliphatic carbocycles. The van der Waals surface area contributed by atoms with Crippen molar-refractivity contribution in [2.75, 3.05) is 6.54 Å². The Morgan fingerprint density at radius 2 is 2.57 bits per heavy atom. The second kappa shape index (κ2) is 3.75. The molecular formula is C8H13N5O. The van der Waals surface area contributed by atoms with Gasteiger partial charge in [0, 0.05) is 12.6 Å². The van der Waals surface area contributed by atoms with Crippen molar-refractivity contribution in [1.29, 1.82) is 0 Å². The van der Waals surface area contributed by atoms with Crippen molar-refractivity contribution < 1.29 is 4.79 Å². The van der Waals surface area contributed by atoms with E-state index in [1.54, 1.807) is 0 Å². The molecule has 76 valence electrons. The topological polar surface area (TPSA) is 96.7 Å². The number of amides is 1. The van der Waals surface area contributed by atoms with Crippen LogP contribution in [0.15, 0.2) is 6.20 Å². The highest BCUT2D eigenvalue weighted by atomic mass is 16.2. The number of hydrogen-bond donors (Lipinski definition) is 3. The molecule has 1 heterocycles. The second-order valence-corrected chi connectivity index (χ2v) is 3.51. The maximum absolute atomic E-state index is 11.5. The molecular weight excluding hydrogens is 182 g/mol. The summed E-state index contributed by atoms with van der Waals surface area (Å²) in [4.78, 5) is 11.5. The van der Waals surface area contributed by atoms with E-state index in [1.807, 2.05) is 0 Å². The van der Waals surface area contributed by atoms with Crippen LogP contribution in [0.25, 0.3) is 0 Å². The van der Waals surface area contributed by atoms with Gasteiger partial charge in [-0.3, -0.25) is 4.79 Å². The molecule has 0 saturated heterocycles. The standard InChI is InChI=1S/C8H13N5O/c9-3-6(5-1-2-5)11-8(14)7-4-10-13-12-7/h4-6H,1-3,9H2,(H,11,14)(H,10,12,13). The monoisotopic (exact) mass is 195 g/mol. The van der Waals surface area contributed by atoms with E-state index in [-0.39, 0.29) is 11.9 Å². The molecule has 14 heavy (non-hydrogen) atoms. The van der Waals surface area contributed by atoms with Crippen molar-refractivity contribution >= 4 is 5.91 Å². The van der Waals surface area contributed by atoms with Gasteiger partial charge in [-0.15, -0.1) is 0 Å². The number of nitrogens with two attached hydrogens (primary N) is 1. The van der Waals surface area contributed by atoms with Gasteiger partial charge in [-0.2, -0.15) is 15.4 Å². The summed E-state index contributed by atoms with van der Waals surface area (Å²) in [6.45, 7) is 0.480. The number of carbonyl (C=O) groups is 1. The van der Waals surface area contributed by atoms with Crippen molar-refractivity contribution in [3.63, 3.8) is 0 Å². The van der Waals surface area contributed by atoms with Gasteiger partial charge < -0.3 is 11.1 Å². The lowest BCUT2D eigenvalue weighted by atomic mass is 10.2. The minimum atomic E-state index is -0.207. The van der Waals surface area contributed by atoms with Crippen LogP contribution < -0.4 is 11.1 Å². The summed E-state index contributed by atoms with van der Waals surface area (Å²) in [5, 5.41) is 12.5. The Morgan fingerprint density at radius 1 is 1.79 bits per heavy atom. The molecule has 1 aliphatic rings. The summed E-state index contributed by atoms with van der Waals surface area (Å²) >= 11 is 0. The first-order chi connectivity index (χ1) is 6.81. The van der Waals surface area contributed by atoms with E-state index >= 15 is 0 Å². The predicted molar refractivity (Wildman–Crippen MR) is 49.4 cm³/mol. The maximum Gasteiger partial charge on any atom is 0.273 e. The summed E-state index contributed by atoms with van der Waals surface area (Å²) in [5.41, 5.74) is 5.87. The lowest BCUT2D eigenvalue weighted by Gasteiger charge is -2.14. The van der Waals surface area contributed by atoms with E-state index in [2.05, 4.69) is 20.7 Å². The predicted octanol–water partition coefficient (Wildman–Crippen LogP) is -0.728. The molecule has 0 spiro atoms. The molecule has 1 unspecified atom stereocenters. The molecule has 1 amide bonds. The molecule has 0 bridgehead atoms. The normalized spacial score (nSPS) is 17.8. The van der Waals surface area contributed by atoms with Crippen LogP contribution in [0.2, 0.25) is 0 Å². The molecule has 1 aromatic heterocycles. The Bertz CT molecular complexity index is 306. The van der Waals surface area contributed by atoms with Crippen LogP contribution in [0, 0.1) is 5.92 Å². The highest BCUT2D eigenvalue weighted by Crippen LogP contribution is 2.32. The third-order valence-electron chi connectivity index (χ3n) is 2.41. The number of nitrogens with one attached hydrogen (secondary N) is 2. The average Bonchev–Trinajstić information content (AvgIpc) is 2.88. The molecule has 2 rings (SSSR count). The largest absolute Gasteiger partial charge is 0.346 e. The van der Waals surface area contributed by atoms with Crippen LogP contribution in [0.5, 0.6) is 0 Å². The first-order valence-electron chi connectivity index (χ1n) is 4.68. The van der Waals surface area contributed by atoms with Crippen molar-refractivity contribution in [1.82, 2.24) is 20.7 Å². The molecule has 1 fully saturated rings. The molecule has 0 aliphatic heterocycles. The van der Waals surface area contributed by atoms with Crippen LogP contribution in [0.1, 0.15) is 23.3 Å². The summed E-state index contributed by atoms with van der Waals surface area (Å²) in [6, 6.07) is 0.0826. The highest BCUT2D eigenvalue weighted by Gasteiger charge is 2.31. The zero-order valence-electron chi connectivity index (χ0n) is 7.73. The molecule has 0 aromatic carbocycles. The van der Waals surface area contributed by atoms with Crippen LogP contribution in [-0.2, 0) is 0 Å². The van der Waals surface area contributed by atoms with Crippen molar-refractivity contribution in [2.45, 2.75) is 18.9 Å². The third kappa shape index (κ3) is 1.90. The number of carbonyl (C=O) groups excluding carboxylic acids is 1. The number of rotatable bonds is 4. The number of H-pyrrole nitrogens is 1. The first-order valence-corrected chi connectivity index (χ1v) is 4.68. The first kappa shape index (κ1) is 9.14.